The molecule has 110 valence electrons. The maximum atomic E-state index is 12.6. The van der Waals surface area contributed by atoms with Crippen LogP contribution in [0.15, 0.2) is 47.1 Å². The lowest BCUT2D eigenvalue weighted by atomic mass is 10.1. The van der Waals surface area contributed by atoms with Crippen molar-refractivity contribution in [3.63, 3.8) is 0 Å². The molecule has 0 spiro atoms. The topological polar surface area (TPSA) is 33.5 Å². The molecule has 0 radical (unpaired) electrons. The van der Waals surface area contributed by atoms with Crippen LogP contribution in [0.5, 0.6) is 0 Å². The summed E-state index contributed by atoms with van der Waals surface area (Å²) in [6.07, 6.45) is 2.66. The first kappa shape index (κ1) is 14.3. The predicted octanol–water partition coefficient (Wildman–Crippen LogP) is 3.91. The number of nitrogens with zero attached hydrogens (tertiary/aromatic N) is 1. The Kier molecular flexibility index (Phi) is 4.34. The standard InChI is InChI=1S/C17H19NO2S/c1-13-4-2-5-14(12-13)17(19)18-8-7-16(21-11-9-18)15-6-3-10-20-15/h2-6,10,12,16H,7-9,11H2,1H3. The van der Waals surface area contributed by atoms with Gasteiger partial charge in [0.25, 0.3) is 5.91 Å². The number of hydrogen-bond acceptors (Lipinski definition) is 3. The highest BCUT2D eigenvalue weighted by molar-refractivity contribution is 7.99. The number of thioether (sulfide) groups is 1. The summed E-state index contributed by atoms with van der Waals surface area (Å²) in [5, 5.41) is 0.357. The molecule has 1 saturated heterocycles. The summed E-state index contributed by atoms with van der Waals surface area (Å²) in [4.78, 5) is 14.6. The molecule has 1 atom stereocenters. The number of amides is 1. The summed E-state index contributed by atoms with van der Waals surface area (Å²) in [5.41, 5.74) is 1.91. The van der Waals surface area contributed by atoms with Crippen molar-refractivity contribution >= 4 is 17.7 Å². The fourth-order valence-corrected chi connectivity index (χ4v) is 3.82. The van der Waals surface area contributed by atoms with Gasteiger partial charge < -0.3 is 9.32 Å². The lowest BCUT2D eigenvalue weighted by Gasteiger charge is -2.20. The first-order chi connectivity index (χ1) is 10.2. The zero-order valence-electron chi connectivity index (χ0n) is 12.1. The zero-order valence-corrected chi connectivity index (χ0v) is 12.9. The second kappa shape index (κ2) is 6.39. The van der Waals surface area contributed by atoms with Crippen LogP contribution in [0.3, 0.4) is 0 Å². The van der Waals surface area contributed by atoms with Crippen LogP contribution < -0.4 is 0 Å². The summed E-state index contributed by atoms with van der Waals surface area (Å²) in [6, 6.07) is 11.8. The van der Waals surface area contributed by atoms with Crippen molar-refractivity contribution in [2.45, 2.75) is 18.6 Å². The molecular weight excluding hydrogens is 282 g/mol. The first-order valence-electron chi connectivity index (χ1n) is 7.25. The number of aryl methyl sites for hydroxylation is 1. The van der Waals surface area contributed by atoms with Gasteiger partial charge in [-0.05, 0) is 37.6 Å². The van der Waals surface area contributed by atoms with Crippen molar-refractivity contribution in [2.24, 2.45) is 0 Å². The van der Waals surface area contributed by atoms with Crippen LogP contribution in [-0.2, 0) is 0 Å². The first-order valence-corrected chi connectivity index (χ1v) is 8.30. The number of benzene rings is 1. The van der Waals surface area contributed by atoms with Crippen LogP contribution in [0.2, 0.25) is 0 Å². The molecule has 1 aliphatic rings. The molecule has 3 nitrogen and oxygen atoms in total. The quantitative estimate of drug-likeness (QED) is 0.843. The molecule has 1 aliphatic heterocycles. The van der Waals surface area contributed by atoms with Gasteiger partial charge >= 0.3 is 0 Å². The molecule has 1 fully saturated rings. The van der Waals surface area contributed by atoms with Gasteiger partial charge in [-0.1, -0.05) is 17.7 Å². The largest absolute Gasteiger partial charge is 0.468 e. The van der Waals surface area contributed by atoms with E-state index in [2.05, 4.69) is 0 Å². The molecule has 0 N–H and O–H groups in total. The van der Waals surface area contributed by atoms with Gasteiger partial charge in [-0.3, -0.25) is 4.79 Å². The summed E-state index contributed by atoms with van der Waals surface area (Å²) >= 11 is 1.87. The molecule has 0 aliphatic carbocycles. The number of carbonyl (C=O) groups is 1. The molecule has 3 rings (SSSR count). The third-order valence-corrected chi connectivity index (χ3v) is 5.04. The monoisotopic (exact) mass is 301 g/mol. The van der Waals surface area contributed by atoms with Crippen molar-refractivity contribution in [3.8, 4) is 0 Å². The Balaban J connectivity index is 1.69. The van der Waals surface area contributed by atoms with Gasteiger partial charge in [-0.15, -0.1) is 11.8 Å². The third kappa shape index (κ3) is 3.32. The molecule has 0 saturated carbocycles. The van der Waals surface area contributed by atoms with Gasteiger partial charge in [0.2, 0.25) is 0 Å². The molecule has 1 aromatic carbocycles. The predicted molar refractivity (Wildman–Crippen MR) is 85.6 cm³/mol. The molecule has 1 aromatic heterocycles. The molecule has 2 aromatic rings. The second-order valence-electron chi connectivity index (χ2n) is 5.33. The van der Waals surface area contributed by atoms with E-state index in [1.54, 1.807) is 6.26 Å². The van der Waals surface area contributed by atoms with Crippen LogP contribution in [0.4, 0.5) is 0 Å². The Morgan fingerprint density at radius 3 is 2.95 bits per heavy atom. The van der Waals surface area contributed by atoms with Gasteiger partial charge in [0, 0.05) is 24.4 Å². The Bertz CT molecular complexity index is 609. The van der Waals surface area contributed by atoms with Crippen molar-refractivity contribution < 1.29 is 9.21 Å². The van der Waals surface area contributed by atoms with E-state index in [1.807, 2.05) is 60.0 Å². The Labute approximate surface area is 129 Å². The minimum absolute atomic E-state index is 0.138. The van der Waals surface area contributed by atoms with Crippen LogP contribution >= 0.6 is 11.8 Å². The van der Waals surface area contributed by atoms with Crippen molar-refractivity contribution in [1.82, 2.24) is 4.90 Å². The normalized spacial score (nSPS) is 19.3. The fourth-order valence-electron chi connectivity index (χ4n) is 2.64. The van der Waals surface area contributed by atoms with Gasteiger partial charge in [0.05, 0.1) is 11.5 Å². The SMILES string of the molecule is Cc1cccc(C(=O)N2CCSC(c3ccco3)CC2)c1. The highest BCUT2D eigenvalue weighted by atomic mass is 32.2. The van der Waals surface area contributed by atoms with Crippen molar-refractivity contribution in [1.29, 1.82) is 0 Å². The number of rotatable bonds is 2. The molecule has 0 bridgehead atoms. The fraction of sp³-hybridized carbons (Fsp3) is 0.353. The number of furan rings is 1. The van der Waals surface area contributed by atoms with Gasteiger partial charge in [-0.25, -0.2) is 0 Å². The second-order valence-corrected chi connectivity index (χ2v) is 6.64. The lowest BCUT2D eigenvalue weighted by Crippen LogP contribution is -2.33. The smallest absolute Gasteiger partial charge is 0.253 e. The Hall–Kier alpha value is -1.68. The lowest BCUT2D eigenvalue weighted by molar-refractivity contribution is 0.0766. The van der Waals surface area contributed by atoms with E-state index in [-0.39, 0.29) is 5.91 Å². The summed E-state index contributed by atoms with van der Waals surface area (Å²) in [6.45, 7) is 3.60. The van der Waals surface area contributed by atoms with Crippen LogP contribution in [0.1, 0.15) is 33.4 Å². The van der Waals surface area contributed by atoms with Gasteiger partial charge in [0.15, 0.2) is 0 Å². The number of hydrogen-bond donors (Lipinski definition) is 0. The third-order valence-electron chi connectivity index (χ3n) is 3.75. The zero-order chi connectivity index (χ0) is 14.7. The van der Waals surface area contributed by atoms with E-state index >= 15 is 0 Å². The van der Waals surface area contributed by atoms with Crippen molar-refractivity contribution in [2.75, 3.05) is 18.8 Å². The minimum atomic E-state index is 0.138. The van der Waals surface area contributed by atoms with Crippen LogP contribution in [0, 0.1) is 6.92 Å². The van der Waals surface area contributed by atoms with Gasteiger partial charge in [0.1, 0.15) is 5.76 Å². The average Bonchev–Trinajstić information content (AvgIpc) is 2.91. The molecular formula is C17H19NO2S. The number of carbonyl (C=O) groups excluding carboxylic acids is 1. The van der Waals surface area contributed by atoms with Gasteiger partial charge in [-0.2, -0.15) is 0 Å². The van der Waals surface area contributed by atoms with Crippen LogP contribution in [0.25, 0.3) is 0 Å². The maximum Gasteiger partial charge on any atom is 0.253 e. The highest BCUT2D eigenvalue weighted by Crippen LogP contribution is 2.34. The van der Waals surface area contributed by atoms with E-state index in [9.17, 15) is 4.79 Å². The van der Waals surface area contributed by atoms with Crippen molar-refractivity contribution in [3.05, 3.63) is 59.5 Å². The van der Waals surface area contributed by atoms with E-state index in [4.69, 9.17) is 4.42 Å². The van der Waals surface area contributed by atoms with E-state index < -0.39 is 0 Å². The van der Waals surface area contributed by atoms with E-state index in [0.717, 1.165) is 42.2 Å². The molecule has 2 heterocycles. The highest BCUT2D eigenvalue weighted by Gasteiger charge is 2.24. The Morgan fingerprint density at radius 1 is 1.29 bits per heavy atom. The molecule has 4 heteroatoms. The maximum absolute atomic E-state index is 12.6. The van der Waals surface area contributed by atoms with E-state index in [0.29, 0.717) is 5.25 Å². The molecule has 1 unspecified atom stereocenters. The molecule has 1 amide bonds. The summed E-state index contributed by atoms with van der Waals surface area (Å²) in [7, 11) is 0. The average molecular weight is 301 g/mol. The summed E-state index contributed by atoms with van der Waals surface area (Å²) < 4.78 is 5.50. The molecule has 21 heavy (non-hydrogen) atoms. The summed E-state index contributed by atoms with van der Waals surface area (Å²) in [5.74, 6) is 2.10. The minimum Gasteiger partial charge on any atom is -0.468 e. The van der Waals surface area contributed by atoms with E-state index in [1.165, 1.54) is 0 Å². The van der Waals surface area contributed by atoms with Crippen LogP contribution in [-0.4, -0.2) is 29.6 Å². The Morgan fingerprint density at radius 2 is 2.19 bits per heavy atom.